The maximum atomic E-state index is 9.15. The lowest BCUT2D eigenvalue weighted by Crippen LogP contribution is -2.25. The Bertz CT molecular complexity index is 518. The third kappa shape index (κ3) is 2.51. The second-order valence-corrected chi connectivity index (χ2v) is 6.64. The van der Waals surface area contributed by atoms with Crippen LogP contribution < -0.4 is 9.64 Å². The van der Waals surface area contributed by atoms with E-state index >= 15 is 0 Å². The van der Waals surface area contributed by atoms with Crippen molar-refractivity contribution in [2.24, 2.45) is 0 Å². The molecule has 1 N–H and O–H groups in total. The lowest BCUT2D eigenvalue weighted by molar-refractivity contribution is 0.137. The summed E-state index contributed by atoms with van der Waals surface area (Å²) >= 11 is 0. The second kappa shape index (κ2) is 5.28. The average Bonchev–Trinajstić information content (AvgIpc) is 2.65. The van der Waals surface area contributed by atoms with Crippen molar-refractivity contribution in [3.8, 4) is 5.75 Å². The molecular weight excluding hydrogens is 250 g/mol. The molecule has 0 bridgehead atoms. The Morgan fingerprint density at radius 1 is 1.20 bits per heavy atom. The van der Waals surface area contributed by atoms with Gasteiger partial charge in [-0.3, -0.25) is 0 Å². The van der Waals surface area contributed by atoms with E-state index in [2.05, 4.69) is 46.7 Å². The van der Waals surface area contributed by atoms with Crippen molar-refractivity contribution < 1.29 is 9.84 Å². The number of nitrogens with zero attached hydrogens (tertiary/aromatic N) is 1. The SMILES string of the molecule is Cc1c(CCCO)c2c(c(C)c1N(C)C)CC(C)(C)O2. The van der Waals surface area contributed by atoms with Gasteiger partial charge in [0.2, 0.25) is 0 Å². The van der Waals surface area contributed by atoms with Crippen LogP contribution in [0.3, 0.4) is 0 Å². The largest absolute Gasteiger partial charge is 0.487 e. The predicted molar refractivity (Wildman–Crippen MR) is 84.1 cm³/mol. The van der Waals surface area contributed by atoms with E-state index in [1.54, 1.807) is 0 Å². The fraction of sp³-hybridized carbons (Fsp3) is 0.647. The molecule has 0 saturated heterocycles. The molecule has 0 atom stereocenters. The Labute approximate surface area is 122 Å². The summed E-state index contributed by atoms with van der Waals surface area (Å²) < 4.78 is 6.22. The average molecular weight is 277 g/mol. The van der Waals surface area contributed by atoms with E-state index in [-0.39, 0.29) is 12.2 Å². The zero-order chi connectivity index (χ0) is 15.1. The first kappa shape index (κ1) is 15.2. The van der Waals surface area contributed by atoms with Gasteiger partial charge in [-0.05, 0) is 57.2 Å². The zero-order valence-corrected chi connectivity index (χ0v) is 13.6. The summed E-state index contributed by atoms with van der Waals surface area (Å²) in [4.78, 5) is 2.19. The standard InChI is InChI=1S/C17H27NO2/c1-11-13(8-7-9-19)16-14(10-17(3,4)20-16)12(2)15(11)18(5)6/h19H,7-10H2,1-6H3. The van der Waals surface area contributed by atoms with Crippen molar-refractivity contribution >= 4 is 5.69 Å². The van der Waals surface area contributed by atoms with Crippen LogP contribution in [0.15, 0.2) is 0 Å². The second-order valence-electron chi connectivity index (χ2n) is 6.64. The van der Waals surface area contributed by atoms with Crippen LogP contribution >= 0.6 is 0 Å². The topological polar surface area (TPSA) is 32.7 Å². The fourth-order valence-corrected chi connectivity index (χ4v) is 3.39. The number of ether oxygens (including phenoxy) is 1. The number of hydrogen-bond acceptors (Lipinski definition) is 3. The molecule has 0 radical (unpaired) electrons. The molecule has 1 aliphatic rings. The number of aliphatic hydroxyl groups excluding tert-OH is 1. The summed E-state index contributed by atoms with van der Waals surface area (Å²) in [5, 5.41) is 9.15. The Hall–Kier alpha value is -1.22. The molecule has 3 nitrogen and oxygen atoms in total. The smallest absolute Gasteiger partial charge is 0.127 e. The highest BCUT2D eigenvalue weighted by atomic mass is 16.5. The van der Waals surface area contributed by atoms with Gasteiger partial charge < -0.3 is 14.7 Å². The van der Waals surface area contributed by atoms with E-state index in [1.807, 2.05) is 0 Å². The van der Waals surface area contributed by atoms with Gasteiger partial charge in [0.05, 0.1) is 0 Å². The van der Waals surface area contributed by atoms with E-state index < -0.39 is 0 Å². The van der Waals surface area contributed by atoms with Crippen LogP contribution in [-0.2, 0) is 12.8 Å². The van der Waals surface area contributed by atoms with Crippen LogP contribution in [-0.4, -0.2) is 31.4 Å². The van der Waals surface area contributed by atoms with E-state index in [0.717, 1.165) is 25.0 Å². The third-order valence-corrected chi connectivity index (χ3v) is 4.18. The maximum absolute atomic E-state index is 9.15. The van der Waals surface area contributed by atoms with E-state index in [4.69, 9.17) is 9.84 Å². The van der Waals surface area contributed by atoms with Crippen molar-refractivity contribution in [1.29, 1.82) is 0 Å². The predicted octanol–water partition coefficient (Wildman–Crippen LogP) is 3.01. The molecule has 0 amide bonds. The van der Waals surface area contributed by atoms with Gasteiger partial charge in [0, 0.05) is 38.4 Å². The molecular formula is C17H27NO2. The van der Waals surface area contributed by atoms with Crippen molar-refractivity contribution in [2.75, 3.05) is 25.6 Å². The summed E-state index contributed by atoms with van der Waals surface area (Å²) in [6.07, 6.45) is 2.62. The van der Waals surface area contributed by atoms with Gasteiger partial charge >= 0.3 is 0 Å². The minimum atomic E-state index is -0.127. The zero-order valence-electron chi connectivity index (χ0n) is 13.6. The maximum Gasteiger partial charge on any atom is 0.127 e. The lowest BCUT2D eigenvalue weighted by Gasteiger charge is -2.24. The molecule has 20 heavy (non-hydrogen) atoms. The Balaban J connectivity index is 2.62. The van der Waals surface area contributed by atoms with Gasteiger partial charge in [0.25, 0.3) is 0 Å². The number of hydrogen-bond donors (Lipinski definition) is 1. The fourth-order valence-electron chi connectivity index (χ4n) is 3.39. The molecule has 1 aromatic carbocycles. The summed E-state index contributed by atoms with van der Waals surface area (Å²) in [6.45, 7) is 8.88. The number of benzene rings is 1. The van der Waals surface area contributed by atoms with Crippen molar-refractivity contribution in [3.63, 3.8) is 0 Å². The van der Waals surface area contributed by atoms with Crippen molar-refractivity contribution in [3.05, 3.63) is 22.3 Å². The summed E-state index contributed by atoms with van der Waals surface area (Å²) in [7, 11) is 4.19. The minimum Gasteiger partial charge on any atom is -0.487 e. The first-order valence-corrected chi connectivity index (χ1v) is 7.40. The molecule has 0 saturated carbocycles. The molecule has 0 spiro atoms. The summed E-state index contributed by atoms with van der Waals surface area (Å²) in [5.41, 5.74) is 6.42. The summed E-state index contributed by atoms with van der Waals surface area (Å²) in [5.74, 6) is 1.07. The molecule has 112 valence electrons. The van der Waals surface area contributed by atoms with Gasteiger partial charge in [-0.25, -0.2) is 0 Å². The van der Waals surface area contributed by atoms with Crippen molar-refractivity contribution in [1.82, 2.24) is 0 Å². The minimum absolute atomic E-state index is 0.127. The monoisotopic (exact) mass is 277 g/mol. The van der Waals surface area contributed by atoms with Crippen LogP contribution in [0.2, 0.25) is 0 Å². The molecule has 0 unspecified atom stereocenters. The number of aliphatic hydroxyl groups is 1. The van der Waals surface area contributed by atoms with Gasteiger partial charge in [-0.2, -0.15) is 0 Å². The number of rotatable bonds is 4. The van der Waals surface area contributed by atoms with Gasteiger partial charge in [0.15, 0.2) is 0 Å². The number of anilines is 1. The van der Waals surface area contributed by atoms with Crippen LogP contribution in [0.25, 0.3) is 0 Å². The molecule has 0 aromatic heterocycles. The Morgan fingerprint density at radius 3 is 2.40 bits per heavy atom. The van der Waals surface area contributed by atoms with E-state index in [0.29, 0.717) is 0 Å². The summed E-state index contributed by atoms with van der Waals surface area (Å²) in [6, 6.07) is 0. The van der Waals surface area contributed by atoms with Gasteiger partial charge in [0.1, 0.15) is 11.4 Å². The third-order valence-electron chi connectivity index (χ3n) is 4.18. The van der Waals surface area contributed by atoms with Crippen LogP contribution in [0.4, 0.5) is 5.69 Å². The lowest BCUT2D eigenvalue weighted by atomic mass is 9.90. The highest BCUT2D eigenvalue weighted by Crippen LogP contribution is 2.45. The molecule has 1 aliphatic heterocycles. The molecule has 0 fully saturated rings. The number of fused-ring (bicyclic) bond motifs is 1. The van der Waals surface area contributed by atoms with Crippen molar-refractivity contribution in [2.45, 2.75) is 52.6 Å². The molecule has 2 rings (SSSR count). The van der Waals surface area contributed by atoms with Gasteiger partial charge in [-0.15, -0.1) is 0 Å². The van der Waals surface area contributed by atoms with E-state index in [1.165, 1.54) is 27.9 Å². The quantitative estimate of drug-likeness (QED) is 0.918. The normalized spacial score (nSPS) is 15.9. The van der Waals surface area contributed by atoms with Crippen LogP contribution in [0.1, 0.15) is 42.5 Å². The highest BCUT2D eigenvalue weighted by Gasteiger charge is 2.35. The first-order valence-electron chi connectivity index (χ1n) is 7.40. The molecule has 1 aromatic rings. The Morgan fingerprint density at radius 2 is 1.85 bits per heavy atom. The molecule has 3 heteroatoms. The Kier molecular flexibility index (Phi) is 4.01. The first-order chi connectivity index (χ1) is 9.28. The van der Waals surface area contributed by atoms with Crippen LogP contribution in [0, 0.1) is 13.8 Å². The van der Waals surface area contributed by atoms with Gasteiger partial charge in [-0.1, -0.05) is 0 Å². The molecule has 0 aliphatic carbocycles. The highest BCUT2D eigenvalue weighted by molar-refractivity contribution is 5.69. The van der Waals surface area contributed by atoms with Crippen LogP contribution in [0.5, 0.6) is 5.75 Å². The molecule has 1 heterocycles. The van der Waals surface area contributed by atoms with E-state index in [9.17, 15) is 0 Å².